The Morgan fingerprint density at radius 2 is 0.967 bits per heavy atom. The second-order valence-electron chi connectivity index (χ2n) is 6.17. The highest BCUT2D eigenvalue weighted by Crippen LogP contribution is 2.31. The van der Waals surface area contributed by atoms with E-state index < -0.39 is 11.9 Å². The molecule has 0 spiro atoms. The number of nitrogens with zero attached hydrogens (tertiary/aromatic N) is 2. The van der Waals surface area contributed by atoms with E-state index >= 15 is 0 Å². The number of carbonyl (C=O) groups excluding carboxylic acids is 2. The number of anilines is 4. The van der Waals surface area contributed by atoms with E-state index in [1.165, 1.54) is 58.3 Å². The molecule has 0 saturated carbocycles. The Balaban J connectivity index is 1.94. The van der Waals surface area contributed by atoms with E-state index in [1.807, 2.05) is 0 Å². The fourth-order valence-electron chi connectivity index (χ4n) is 2.86. The van der Waals surface area contributed by atoms with Crippen LogP contribution in [0.4, 0.5) is 22.7 Å². The van der Waals surface area contributed by atoms with Crippen LogP contribution in [0.1, 0.15) is 20.7 Å². The molecule has 0 unspecified atom stereocenters. The molecule has 0 radical (unpaired) electrons. The third-order valence-corrected chi connectivity index (χ3v) is 4.38. The molecule has 0 aliphatic rings. The maximum Gasteiger partial charge on any atom is 0.335 e. The first-order valence-electron chi connectivity index (χ1n) is 8.70. The average Bonchev–Trinajstić information content (AvgIpc) is 2.76. The van der Waals surface area contributed by atoms with Crippen molar-refractivity contribution in [3.05, 3.63) is 83.9 Å². The van der Waals surface area contributed by atoms with Crippen molar-refractivity contribution in [1.29, 1.82) is 0 Å². The first-order valence-corrected chi connectivity index (χ1v) is 8.70. The molecular weight excluding hydrogens is 388 g/mol. The molecule has 150 valence electrons. The van der Waals surface area contributed by atoms with Gasteiger partial charge in [-0.2, -0.15) is 0 Å². The number of carboxylic acids is 2. The Bertz CT molecular complexity index is 1010. The Kier molecular flexibility index (Phi) is 5.88. The zero-order valence-corrected chi connectivity index (χ0v) is 15.5. The lowest BCUT2D eigenvalue weighted by atomic mass is 10.1. The lowest BCUT2D eigenvalue weighted by molar-refractivity contribution is -0.107. The van der Waals surface area contributed by atoms with Gasteiger partial charge in [0.2, 0.25) is 12.8 Å². The molecule has 2 amide bonds. The molecule has 0 aliphatic carbocycles. The van der Waals surface area contributed by atoms with E-state index in [2.05, 4.69) is 0 Å². The fourth-order valence-corrected chi connectivity index (χ4v) is 2.86. The number of amides is 2. The third kappa shape index (κ3) is 4.17. The van der Waals surface area contributed by atoms with Gasteiger partial charge in [0.25, 0.3) is 0 Å². The van der Waals surface area contributed by atoms with Gasteiger partial charge in [-0.05, 0) is 66.7 Å². The zero-order chi connectivity index (χ0) is 21.7. The van der Waals surface area contributed by atoms with E-state index in [0.29, 0.717) is 35.6 Å². The minimum absolute atomic E-state index is 0.0929. The van der Waals surface area contributed by atoms with Crippen LogP contribution in [0.3, 0.4) is 0 Å². The van der Waals surface area contributed by atoms with Gasteiger partial charge in [-0.25, -0.2) is 9.59 Å². The van der Waals surface area contributed by atoms with Crippen LogP contribution in [-0.4, -0.2) is 35.0 Å². The van der Waals surface area contributed by atoms with E-state index in [1.54, 1.807) is 24.3 Å². The number of carbonyl (C=O) groups is 4. The third-order valence-electron chi connectivity index (χ3n) is 4.38. The van der Waals surface area contributed by atoms with Crippen LogP contribution in [0.2, 0.25) is 0 Å². The van der Waals surface area contributed by atoms with Crippen LogP contribution in [-0.2, 0) is 9.59 Å². The zero-order valence-electron chi connectivity index (χ0n) is 15.5. The molecule has 0 aliphatic heterocycles. The lowest BCUT2D eigenvalue weighted by Crippen LogP contribution is -2.17. The minimum atomic E-state index is -1.07. The topological polar surface area (TPSA) is 115 Å². The van der Waals surface area contributed by atoms with E-state index in [0.717, 1.165) is 0 Å². The van der Waals surface area contributed by atoms with E-state index in [4.69, 9.17) is 10.2 Å². The van der Waals surface area contributed by atoms with Crippen LogP contribution in [0.25, 0.3) is 0 Å². The minimum Gasteiger partial charge on any atom is -0.478 e. The van der Waals surface area contributed by atoms with E-state index in [-0.39, 0.29) is 11.1 Å². The van der Waals surface area contributed by atoms with Gasteiger partial charge >= 0.3 is 11.9 Å². The number of hydrogen-bond acceptors (Lipinski definition) is 4. The molecule has 0 aromatic heterocycles. The summed E-state index contributed by atoms with van der Waals surface area (Å²) in [6.07, 6.45) is 1.17. The summed E-state index contributed by atoms with van der Waals surface area (Å²) in [6, 6.07) is 18.2. The van der Waals surface area contributed by atoms with E-state index in [9.17, 15) is 19.2 Å². The molecule has 0 bridgehead atoms. The summed E-state index contributed by atoms with van der Waals surface area (Å²) in [6.45, 7) is 0. The standard InChI is InChI=1S/C22H16N2O6/c25-13-23(17-8-4-15(5-9-17)21(27)28)19-2-1-3-20(12-19)24(14-26)18-10-6-16(7-11-18)22(29)30/h1-14H,(H,27,28)(H,29,30). The Morgan fingerprint density at radius 1 is 0.600 bits per heavy atom. The maximum atomic E-state index is 11.7. The summed E-state index contributed by atoms with van der Waals surface area (Å²) in [4.78, 5) is 48.1. The smallest absolute Gasteiger partial charge is 0.335 e. The van der Waals surface area contributed by atoms with Gasteiger partial charge in [-0.15, -0.1) is 0 Å². The number of aromatic carboxylic acids is 2. The van der Waals surface area contributed by atoms with Crippen LogP contribution in [0, 0.1) is 0 Å². The molecule has 0 fully saturated rings. The molecular formula is C22H16N2O6. The van der Waals surface area contributed by atoms with Gasteiger partial charge in [0.05, 0.1) is 22.5 Å². The highest BCUT2D eigenvalue weighted by Gasteiger charge is 2.14. The Morgan fingerprint density at radius 3 is 1.27 bits per heavy atom. The molecule has 8 nitrogen and oxygen atoms in total. The fraction of sp³-hybridized carbons (Fsp3) is 0. The predicted octanol–water partition coefficient (Wildman–Crippen LogP) is 3.67. The maximum absolute atomic E-state index is 11.7. The molecule has 0 atom stereocenters. The number of hydrogen-bond donors (Lipinski definition) is 2. The number of carboxylic acid groups (broad SMARTS) is 2. The monoisotopic (exact) mass is 404 g/mol. The molecule has 3 aromatic rings. The largest absolute Gasteiger partial charge is 0.478 e. The SMILES string of the molecule is O=CN(c1ccc(C(=O)O)cc1)c1cccc(N(C=O)c2ccc(C(=O)O)cc2)c1. The molecule has 0 saturated heterocycles. The highest BCUT2D eigenvalue weighted by molar-refractivity contribution is 5.94. The number of rotatable bonds is 8. The second-order valence-corrected chi connectivity index (χ2v) is 6.17. The summed E-state index contributed by atoms with van der Waals surface area (Å²) >= 11 is 0. The van der Waals surface area contributed by atoms with Crippen LogP contribution < -0.4 is 9.80 Å². The molecule has 0 heterocycles. The van der Waals surface area contributed by atoms with Crippen molar-refractivity contribution < 1.29 is 29.4 Å². The molecule has 3 aromatic carbocycles. The van der Waals surface area contributed by atoms with Crippen molar-refractivity contribution in [2.75, 3.05) is 9.80 Å². The quantitative estimate of drug-likeness (QED) is 0.554. The van der Waals surface area contributed by atoms with Crippen LogP contribution >= 0.6 is 0 Å². The summed E-state index contributed by atoms with van der Waals surface area (Å²) in [5, 5.41) is 18.0. The normalized spacial score (nSPS) is 10.1. The summed E-state index contributed by atoms with van der Waals surface area (Å²) in [5.41, 5.74) is 2.01. The van der Waals surface area contributed by atoms with Gasteiger partial charge in [0.15, 0.2) is 0 Å². The summed E-state index contributed by atoms with van der Waals surface area (Å²) in [7, 11) is 0. The van der Waals surface area contributed by atoms with Crippen molar-refractivity contribution in [3.8, 4) is 0 Å². The molecule has 3 rings (SSSR count). The lowest BCUT2D eigenvalue weighted by Gasteiger charge is -2.22. The molecule has 8 heteroatoms. The first kappa shape index (κ1) is 20.3. The molecule has 2 N–H and O–H groups in total. The van der Waals surface area contributed by atoms with Crippen molar-refractivity contribution in [2.24, 2.45) is 0 Å². The van der Waals surface area contributed by atoms with Gasteiger partial charge < -0.3 is 10.2 Å². The summed E-state index contributed by atoms with van der Waals surface area (Å²) in [5.74, 6) is -2.14. The highest BCUT2D eigenvalue weighted by atomic mass is 16.4. The van der Waals surface area contributed by atoms with Crippen molar-refractivity contribution >= 4 is 47.5 Å². The van der Waals surface area contributed by atoms with Crippen LogP contribution in [0.15, 0.2) is 72.8 Å². The van der Waals surface area contributed by atoms with Crippen LogP contribution in [0.5, 0.6) is 0 Å². The predicted molar refractivity (Wildman–Crippen MR) is 110 cm³/mol. The van der Waals surface area contributed by atoms with Crippen molar-refractivity contribution in [2.45, 2.75) is 0 Å². The van der Waals surface area contributed by atoms with Gasteiger partial charge in [0, 0.05) is 11.4 Å². The first-order chi connectivity index (χ1) is 14.4. The van der Waals surface area contributed by atoms with Gasteiger partial charge in [-0.3, -0.25) is 19.4 Å². The molecule has 30 heavy (non-hydrogen) atoms. The van der Waals surface area contributed by atoms with Gasteiger partial charge in [0.1, 0.15) is 0 Å². The second kappa shape index (κ2) is 8.70. The Labute approximate surface area is 171 Å². The van der Waals surface area contributed by atoms with Crippen molar-refractivity contribution in [1.82, 2.24) is 0 Å². The average molecular weight is 404 g/mol. The van der Waals surface area contributed by atoms with Gasteiger partial charge in [-0.1, -0.05) is 6.07 Å². The van der Waals surface area contributed by atoms with Crippen molar-refractivity contribution in [3.63, 3.8) is 0 Å². The summed E-state index contributed by atoms with van der Waals surface area (Å²) < 4.78 is 0. The number of benzene rings is 3. The Hall–Kier alpha value is -4.46.